The molecule has 0 radical (unpaired) electrons. The number of ether oxygens (including phenoxy) is 1. The molecule has 2 aromatic rings. The van der Waals surface area contributed by atoms with Gasteiger partial charge in [-0.25, -0.2) is 4.98 Å². The summed E-state index contributed by atoms with van der Waals surface area (Å²) in [5.74, 6) is 0.922. The van der Waals surface area contributed by atoms with Gasteiger partial charge >= 0.3 is 6.18 Å². The standard InChI is InChI=1S/C18H21F3N4O2/c1-27-15-6-5-12(9-13(15)18(19,20)21)23-16-10-14(11-3-4-11)24-17(25-16)22-7-2-8-26/h5-6,9-11,26H,2-4,7-8H2,1H3,(H2,22,23,24,25). The van der Waals surface area contributed by atoms with E-state index in [4.69, 9.17) is 9.84 Å². The van der Waals surface area contributed by atoms with Crippen LogP contribution in [-0.4, -0.2) is 35.3 Å². The summed E-state index contributed by atoms with van der Waals surface area (Å²) in [5, 5.41) is 14.8. The highest BCUT2D eigenvalue weighted by Crippen LogP contribution is 2.41. The number of aliphatic hydroxyl groups excluding tert-OH is 1. The van der Waals surface area contributed by atoms with E-state index in [1.807, 2.05) is 0 Å². The Balaban J connectivity index is 1.86. The number of nitrogens with zero attached hydrogens (tertiary/aromatic N) is 2. The fraction of sp³-hybridized carbons (Fsp3) is 0.444. The Kier molecular flexibility index (Phi) is 5.69. The molecule has 27 heavy (non-hydrogen) atoms. The molecule has 0 unspecified atom stereocenters. The molecule has 0 atom stereocenters. The zero-order valence-electron chi connectivity index (χ0n) is 14.8. The van der Waals surface area contributed by atoms with E-state index in [1.54, 1.807) is 6.07 Å². The molecule has 0 spiro atoms. The molecule has 146 valence electrons. The highest BCUT2D eigenvalue weighted by molar-refractivity contribution is 5.61. The second kappa shape index (κ2) is 7.99. The Bertz CT molecular complexity index is 795. The Labute approximate surface area is 154 Å². The van der Waals surface area contributed by atoms with Gasteiger partial charge in [0.2, 0.25) is 5.95 Å². The van der Waals surface area contributed by atoms with Crippen molar-refractivity contribution in [1.29, 1.82) is 0 Å². The molecule has 1 aromatic heterocycles. The molecule has 0 aliphatic heterocycles. The maximum atomic E-state index is 13.2. The van der Waals surface area contributed by atoms with Crippen molar-refractivity contribution >= 4 is 17.5 Å². The van der Waals surface area contributed by atoms with Crippen LogP contribution in [0.15, 0.2) is 24.3 Å². The van der Waals surface area contributed by atoms with Crippen LogP contribution < -0.4 is 15.4 Å². The fourth-order valence-corrected chi connectivity index (χ4v) is 2.63. The third-order valence-electron chi connectivity index (χ3n) is 4.14. The van der Waals surface area contributed by atoms with E-state index in [9.17, 15) is 13.2 Å². The summed E-state index contributed by atoms with van der Waals surface area (Å²) >= 11 is 0. The van der Waals surface area contributed by atoms with Gasteiger partial charge in [0.05, 0.1) is 18.4 Å². The van der Waals surface area contributed by atoms with Crippen LogP contribution in [0, 0.1) is 0 Å². The molecule has 0 amide bonds. The topological polar surface area (TPSA) is 79.3 Å². The van der Waals surface area contributed by atoms with Gasteiger partial charge in [-0.3, -0.25) is 0 Å². The van der Waals surface area contributed by atoms with Crippen molar-refractivity contribution < 1.29 is 23.0 Å². The normalized spacial score (nSPS) is 14.1. The summed E-state index contributed by atoms with van der Waals surface area (Å²) in [5.41, 5.74) is 0.251. The average Bonchev–Trinajstić information content (AvgIpc) is 3.46. The van der Waals surface area contributed by atoms with Crippen LogP contribution in [0.5, 0.6) is 5.75 Å². The zero-order chi connectivity index (χ0) is 19.4. The Morgan fingerprint density at radius 1 is 1.22 bits per heavy atom. The molecule has 0 bridgehead atoms. The van der Waals surface area contributed by atoms with Crippen molar-refractivity contribution in [3.8, 4) is 5.75 Å². The molecule has 0 saturated heterocycles. The molecule has 1 heterocycles. The number of rotatable bonds is 8. The van der Waals surface area contributed by atoms with Gasteiger partial charge in [-0.2, -0.15) is 18.2 Å². The van der Waals surface area contributed by atoms with Gasteiger partial charge in [0, 0.05) is 30.8 Å². The Morgan fingerprint density at radius 3 is 2.63 bits per heavy atom. The molecule has 6 nitrogen and oxygen atoms in total. The van der Waals surface area contributed by atoms with E-state index in [1.165, 1.54) is 19.2 Å². The van der Waals surface area contributed by atoms with Crippen molar-refractivity contribution in [1.82, 2.24) is 9.97 Å². The number of alkyl halides is 3. The van der Waals surface area contributed by atoms with E-state index in [-0.39, 0.29) is 18.0 Å². The lowest BCUT2D eigenvalue weighted by atomic mass is 10.1. The number of methoxy groups -OCH3 is 1. The molecule has 3 rings (SSSR count). The van der Waals surface area contributed by atoms with Crippen LogP contribution in [0.1, 0.15) is 36.4 Å². The van der Waals surface area contributed by atoms with Crippen molar-refractivity contribution in [3.05, 3.63) is 35.5 Å². The summed E-state index contributed by atoms with van der Waals surface area (Å²) in [6, 6.07) is 5.53. The summed E-state index contributed by atoms with van der Waals surface area (Å²) in [6.07, 6.45) is -1.90. The highest BCUT2D eigenvalue weighted by Gasteiger charge is 2.34. The minimum atomic E-state index is -4.52. The second-order valence-corrected chi connectivity index (χ2v) is 6.32. The van der Waals surface area contributed by atoms with E-state index >= 15 is 0 Å². The first kappa shape index (κ1) is 19.2. The van der Waals surface area contributed by atoms with E-state index < -0.39 is 11.7 Å². The van der Waals surface area contributed by atoms with Gasteiger partial charge in [0.25, 0.3) is 0 Å². The Morgan fingerprint density at radius 2 is 2.00 bits per heavy atom. The number of halogens is 3. The summed E-state index contributed by atoms with van der Waals surface area (Å²) < 4.78 is 44.4. The number of anilines is 3. The molecule has 3 N–H and O–H groups in total. The van der Waals surface area contributed by atoms with Crippen LogP contribution in [0.25, 0.3) is 0 Å². The van der Waals surface area contributed by atoms with Crippen molar-refractivity contribution in [2.45, 2.75) is 31.4 Å². The quantitative estimate of drug-likeness (QED) is 0.601. The van der Waals surface area contributed by atoms with Gasteiger partial charge in [-0.05, 0) is 37.5 Å². The zero-order valence-corrected chi connectivity index (χ0v) is 14.8. The minimum Gasteiger partial charge on any atom is -0.496 e. The molecule has 1 aromatic carbocycles. The molecular formula is C18H21F3N4O2. The first-order valence-corrected chi connectivity index (χ1v) is 8.66. The van der Waals surface area contributed by atoms with Crippen molar-refractivity contribution in [2.24, 2.45) is 0 Å². The van der Waals surface area contributed by atoms with Gasteiger partial charge in [0.15, 0.2) is 0 Å². The van der Waals surface area contributed by atoms with E-state index in [0.29, 0.717) is 30.6 Å². The lowest BCUT2D eigenvalue weighted by Crippen LogP contribution is -2.10. The summed E-state index contributed by atoms with van der Waals surface area (Å²) in [7, 11) is 1.20. The third kappa shape index (κ3) is 5.00. The van der Waals surface area contributed by atoms with Crippen LogP contribution in [0.2, 0.25) is 0 Å². The largest absolute Gasteiger partial charge is 0.496 e. The molecule has 1 aliphatic carbocycles. The van der Waals surface area contributed by atoms with Crippen molar-refractivity contribution in [2.75, 3.05) is 30.9 Å². The maximum absolute atomic E-state index is 13.2. The van der Waals surface area contributed by atoms with Gasteiger partial charge in [0.1, 0.15) is 11.6 Å². The van der Waals surface area contributed by atoms with Gasteiger partial charge in [-0.1, -0.05) is 0 Å². The molecule has 9 heteroatoms. The van der Waals surface area contributed by atoms with E-state index in [0.717, 1.165) is 24.6 Å². The first-order chi connectivity index (χ1) is 12.9. The molecular weight excluding hydrogens is 361 g/mol. The van der Waals surface area contributed by atoms with Crippen LogP contribution in [-0.2, 0) is 6.18 Å². The van der Waals surface area contributed by atoms with Crippen LogP contribution in [0.4, 0.5) is 30.6 Å². The lowest BCUT2D eigenvalue weighted by molar-refractivity contribution is -0.138. The maximum Gasteiger partial charge on any atom is 0.420 e. The number of nitrogens with one attached hydrogen (secondary N) is 2. The average molecular weight is 382 g/mol. The van der Waals surface area contributed by atoms with Crippen LogP contribution >= 0.6 is 0 Å². The van der Waals surface area contributed by atoms with Crippen LogP contribution in [0.3, 0.4) is 0 Å². The lowest BCUT2D eigenvalue weighted by Gasteiger charge is -2.15. The minimum absolute atomic E-state index is 0.0481. The smallest absolute Gasteiger partial charge is 0.420 e. The highest BCUT2D eigenvalue weighted by atomic mass is 19.4. The molecule has 1 fully saturated rings. The monoisotopic (exact) mass is 382 g/mol. The predicted octanol–water partition coefficient (Wildman–Crippen LogP) is 3.92. The Hall–Kier alpha value is -2.55. The van der Waals surface area contributed by atoms with Crippen molar-refractivity contribution in [3.63, 3.8) is 0 Å². The number of hydrogen-bond acceptors (Lipinski definition) is 6. The van der Waals surface area contributed by atoms with E-state index in [2.05, 4.69) is 20.6 Å². The number of aliphatic hydroxyl groups is 1. The predicted molar refractivity (Wildman–Crippen MR) is 95.5 cm³/mol. The summed E-state index contributed by atoms with van der Waals surface area (Å²) in [4.78, 5) is 8.77. The molecule has 1 saturated carbocycles. The third-order valence-corrected chi connectivity index (χ3v) is 4.14. The number of aromatic nitrogens is 2. The fourth-order valence-electron chi connectivity index (χ4n) is 2.63. The van der Waals surface area contributed by atoms with Gasteiger partial charge < -0.3 is 20.5 Å². The second-order valence-electron chi connectivity index (χ2n) is 6.32. The SMILES string of the molecule is COc1ccc(Nc2cc(C3CC3)nc(NCCCO)n2)cc1C(F)(F)F. The number of benzene rings is 1. The van der Waals surface area contributed by atoms with Gasteiger partial charge in [-0.15, -0.1) is 0 Å². The summed E-state index contributed by atoms with van der Waals surface area (Å²) in [6.45, 7) is 0.553. The molecule has 1 aliphatic rings. The number of hydrogen-bond donors (Lipinski definition) is 3. The first-order valence-electron chi connectivity index (χ1n) is 8.66.